The maximum Gasteiger partial charge on any atom is 0.326 e. The first kappa shape index (κ1) is 19.7. The van der Waals surface area contributed by atoms with Crippen LogP contribution in [0, 0.1) is 11.8 Å². The summed E-state index contributed by atoms with van der Waals surface area (Å²) in [6.45, 7) is 0.289. The Morgan fingerprint density at radius 3 is 2.16 bits per heavy atom. The third-order valence-electron chi connectivity index (χ3n) is 5.40. The topological polar surface area (TPSA) is 105 Å². The van der Waals surface area contributed by atoms with E-state index in [1.165, 1.54) is 7.11 Å². The van der Waals surface area contributed by atoms with Gasteiger partial charge in [0, 0.05) is 38.0 Å². The fourth-order valence-corrected chi connectivity index (χ4v) is 3.79. The number of aliphatic carboxylic acids is 1. The molecule has 7 nitrogen and oxygen atoms in total. The summed E-state index contributed by atoms with van der Waals surface area (Å²) in [5, 5.41) is 14.9. The van der Waals surface area contributed by atoms with Gasteiger partial charge in [0.05, 0.1) is 0 Å². The lowest BCUT2D eigenvalue weighted by Gasteiger charge is -2.30. The standard InChI is InChI=1S/C18H30N2O5/c1-25-11-10-15(18(23)24)20-17(22)13-6-8-14(9-7-13)19-16(21)12-4-2-3-5-12/h12-15H,2-11H2,1H3,(H,19,21)(H,20,22)(H,23,24). The Morgan fingerprint density at radius 2 is 1.60 bits per heavy atom. The quantitative estimate of drug-likeness (QED) is 0.612. The minimum atomic E-state index is -1.04. The van der Waals surface area contributed by atoms with E-state index in [1.54, 1.807) is 0 Å². The zero-order valence-electron chi connectivity index (χ0n) is 15.0. The number of rotatable bonds is 8. The lowest BCUT2D eigenvalue weighted by molar-refractivity contribution is -0.143. The number of ether oxygens (including phenoxy) is 1. The highest BCUT2D eigenvalue weighted by Gasteiger charge is 2.31. The van der Waals surface area contributed by atoms with Crippen molar-refractivity contribution in [2.45, 2.75) is 69.9 Å². The molecule has 0 aromatic heterocycles. The fourth-order valence-electron chi connectivity index (χ4n) is 3.79. The van der Waals surface area contributed by atoms with Gasteiger partial charge in [0.2, 0.25) is 11.8 Å². The summed E-state index contributed by atoms with van der Waals surface area (Å²) in [5.74, 6) is -1.09. The van der Waals surface area contributed by atoms with Crippen molar-refractivity contribution >= 4 is 17.8 Å². The van der Waals surface area contributed by atoms with Gasteiger partial charge in [-0.15, -0.1) is 0 Å². The predicted molar refractivity (Wildman–Crippen MR) is 91.9 cm³/mol. The monoisotopic (exact) mass is 354 g/mol. The average Bonchev–Trinajstić information content (AvgIpc) is 3.13. The number of carbonyl (C=O) groups excluding carboxylic acids is 2. The van der Waals surface area contributed by atoms with Gasteiger partial charge in [0.25, 0.3) is 0 Å². The number of methoxy groups -OCH3 is 1. The van der Waals surface area contributed by atoms with Crippen LogP contribution in [0.2, 0.25) is 0 Å². The summed E-state index contributed by atoms with van der Waals surface area (Å²) < 4.78 is 4.89. The summed E-state index contributed by atoms with van der Waals surface area (Å²) >= 11 is 0. The zero-order chi connectivity index (χ0) is 18.2. The molecule has 2 aliphatic rings. The van der Waals surface area contributed by atoms with E-state index in [9.17, 15) is 19.5 Å². The van der Waals surface area contributed by atoms with E-state index in [0.717, 1.165) is 38.5 Å². The maximum absolute atomic E-state index is 12.3. The van der Waals surface area contributed by atoms with Gasteiger partial charge >= 0.3 is 5.97 Å². The van der Waals surface area contributed by atoms with Crippen molar-refractivity contribution in [1.29, 1.82) is 0 Å². The van der Waals surface area contributed by atoms with E-state index in [0.29, 0.717) is 12.8 Å². The number of nitrogens with one attached hydrogen (secondary N) is 2. The van der Waals surface area contributed by atoms with E-state index < -0.39 is 12.0 Å². The SMILES string of the molecule is COCCC(NC(=O)C1CCC(NC(=O)C2CCCC2)CC1)C(=O)O. The second-order valence-electron chi connectivity index (χ2n) is 7.22. The number of carbonyl (C=O) groups is 3. The lowest BCUT2D eigenvalue weighted by atomic mass is 9.85. The van der Waals surface area contributed by atoms with Crippen LogP contribution >= 0.6 is 0 Å². The Labute approximate surface area is 148 Å². The largest absolute Gasteiger partial charge is 0.480 e. The van der Waals surface area contributed by atoms with Crippen LogP contribution < -0.4 is 10.6 Å². The van der Waals surface area contributed by atoms with Crippen LogP contribution in [-0.2, 0) is 19.1 Å². The molecule has 0 heterocycles. The molecule has 2 aliphatic carbocycles. The van der Waals surface area contributed by atoms with Crippen molar-refractivity contribution in [3.8, 4) is 0 Å². The van der Waals surface area contributed by atoms with Crippen LogP contribution in [0.5, 0.6) is 0 Å². The smallest absolute Gasteiger partial charge is 0.326 e. The molecule has 1 atom stereocenters. The van der Waals surface area contributed by atoms with Gasteiger partial charge in [0.15, 0.2) is 0 Å². The van der Waals surface area contributed by atoms with Crippen LogP contribution in [0.4, 0.5) is 0 Å². The van der Waals surface area contributed by atoms with Crippen molar-refractivity contribution in [1.82, 2.24) is 10.6 Å². The minimum absolute atomic E-state index is 0.140. The fraction of sp³-hybridized carbons (Fsp3) is 0.833. The number of hydrogen-bond donors (Lipinski definition) is 3. The van der Waals surface area contributed by atoms with Crippen molar-refractivity contribution in [2.24, 2.45) is 11.8 Å². The van der Waals surface area contributed by atoms with Gasteiger partial charge in [0.1, 0.15) is 6.04 Å². The van der Waals surface area contributed by atoms with Crippen molar-refractivity contribution < 1.29 is 24.2 Å². The molecule has 2 rings (SSSR count). The molecule has 0 aromatic rings. The molecule has 0 spiro atoms. The molecule has 0 radical (unpaired) electrons. The summed E-state index contributed by atoms with van der Waals surface area (Å²) in [7, 11) is 1.50. The highest BCUT2D eigenvalue weighted by atomic mass is 16.5. The molecule has 0 bridgehead atoms. The van der Waals surface area contributed by atoms with Crippen molar-refractivity contribution in [3.05, 3.63) is 0 Å². The van der Waals surface area contributed by atoms with Crippen molar-refractivity contribution in [3.63, 3.8) is 0 Å². The van der Waals surface area contributed by atoms with Crippen molar-refractivity contribution in [2.75, 3.05) is 13.7 Å². The first-order chi connectivity index (χ1) is 12.0. The van der Waals surface area contributed by atoms with Crippen LogP contribution in [0.15, 0.2) is 0 Å². The Kier molecular flexibility index (Phi) is 7.68. The van der Waals surface area contributed by atoms with Gasteiger partial charge in [-0.25, -0.2) is 4.79 Å². The minimum Gasteiger partial charge on any atom is -0.480 e. The van der Waals surface area contributed by atoms with Gasteiger partial charge < -0.3 is 20.5 Å². The zero-order valence-corrected chi connectivity index (χ0v) is 15.0. The van der Waals surface area contributed by atoms with E-state index in [-0.39, 0.29) is 42.7 Å². The molecule has 25 heavy (non-hydrogen) atoms. The molecule has 3 N–H and O–H groups in total. The van der Waals surface area contributed by atoms with E-state index in [2.05, 4.69) is 10.6 Å². The highest BCUT2D eigenvalue weighted by Crippen LogP contribution is 2.28. The van der Waals surface area contributed by atoms with Crippen LogP contribution in [0.3, 0.4) is 0 Å². The van der Waals surface area contributed by atoms with Gasteiger partial charge in [-0.3, -0.25) is 9.59 Å². The summed E-state index contributed by atoms with van der Waals surface area (Å²) in [4.78, 5) is 35.7. The third kappa shape index (κ3) is 5.99. The lowest BCUT2D eigenvalue weighted by Crippen LogP contribution is -2.46. The van der Waals surface area contributed by atoms with Gasteiger partial charge in [-0.1, -0.05) is 12.8 Å². The summed E-state index contributed by atoms with van der Waals surface area (Å²) in [6.07, 6.45) is 7.40. The first-order valence-corrected chi connectivity index (χ1v) is 9.33. The normalized spacial score (nSPS) is 25.3. The maximum atomic E-state index is 12.3. The molecular formula is C18H30N2O5. The Morgan fingerprint density at radius 1 is 1.00 bits per heavy atom. The van der Waals surface area contributed by atoms with Crippen LogP contribution in [0.1, 0.15) is 57.8 Å². The number of amides is 2. The second kappa shape index (κ2) is 9.75. The molecule has 2 saturated carbocycles. The van der Waals surface area contributed by atoms with Gasteiger partial charge in [-0.05, 0) is 38.5 Å². The molecule has 2 amide bonds. The number of carboxylic acid groups (broad SMARTS) is 1. The van der Waals surface area contributed by atoms with Crippen LogP contribution in [-0.4, -0.2) is 48.7 Å². The number of hydrogen-bond acceptors (Lipinski definition) is 4. The molecule has 7 heteroatoms. The van der Waals surface area contributed by atoms with Gasteiger partial charge in [-0.2, -0.15) is 0 Å². The molecule has 142 valence electrons. The number of carboxylic acids is 1. The second-order valence-corrected chi connectivity index (χ2v) is 7.22. The molecular weight excluding hydrogens is 324 g/mol. The Balaban J connectivity index is 1.73. The Hall–Kier alpha value is -1.63. The average molecular weight is 354 g/mol. The van der Waals surface area contributed by atoms with E-state index in [4.69, 9.17) is 4.74 Å². The molecule has 0 aliphatic heterocycles. The van der Waals surface area contributed by atoms with E-state index >= 15 is 0 Å². The molecule has 0 aromatic carbocycles. The predicted octanol–water partition coefficient (Wildman–Crippen LogP) is 1.46. The third-order valence-corrected chi connectivity index (χ3v) is 5.40. The summed E-state index contributed by atoms with van der Waals surface area (Å²) in [5.41, 5.74) is 0. The Bertz CT molecular complexity index is 468. The summed E-state index contributed by atoms with van der Waals surface area (Å²) in [6, 6.07) is -0.770. The highest BCUT2D eigenvalue weighted by molar-refractivity contribution is 5.85. The van der Waals surface area contributed by atoms with E-state index in [1.807, 2.05) is 0 Å². The first-order valence-electron chi connectivity index (χ1n) is 9.33. The molecule has 1 unspecified atom stereocenters. The molecule has 2 fully saturated rings. The molecule has 0 saturated heterocycles. The van der Waals surface area contributed by atoms with Crippen LogP contribution in [0.25, 0.3) is 0 Å².